The fourth-order valence-corrected chi connectivity index (χ4v) is 1.86. The van der Waals surface area contributed by atoms with E-state index in [0.717, 1.165) is 0 Å². The molecule has 12 heteroatoms. The van der Waals surface area contributed by atoms with Crippen LogP contribution in [-0.2, 0) is 38.2 Å². The molecule has 0 amide bonds. The van der Waals surface area contributed by atoms with Crippen LogP contribution in [0.5, 0.6) is 0 Å². The Labute approximate surface area is 132 Å². The molecule has 0 radical (unpaired) electrons. The minimum Gasteiger partial charge on any atom is -0.481 e. The quantitative estimate of drug-likeness (QED) is 0.303. The molecule has 24 heavy (non-hydrogen) atoms. The lowest BCUT2D eigenvalue weighted by Crippen LogP contribution is -2.52. The van der Waals surface area contributed by atoms with Gasteiger partial charge in [-0.15, -0.1) is 0 Å². The molecular weight excluding hydrogens is 336 g/mol. The maximum atomic E-state index is 11.8. The van der Waals surface area contributed by atoms with E-state index < -0.39 is 72.7 Å². The van der Waals surface area contributed by atoms with Crippen molar-refractivity contribution in [1.29, 1.82) is 0 Å². The highest BCUT2D eigenvalue weighted by atomic mass is 16.6. The largest absolute Gasteiger partial charge is 0.481 e. The van der Waals surface area contributed by atoms with Crippen LogP contribution in [0.4, 0.5) is 0 Å². The van der Waals surface area contributed by atoms with Gasteiger partial charge in [-0.05, 0) is 0 Å². The van der Waals surface area contributed by atoms with Crippen molar-refractivity contribution in [3.63, 3.8) is 0 Å². The van der Waals surface area contributed by atoms with Gasteiger partial charge in [-0.3, -0.25) is 19.2 Å². The van der Waals surface area contributed by atoms with Crippen LogP contribution in [0.2, 0.25) is 0 Å². The van der Waals surface area contributed by atoms with E-state index in [0.29, 0.717) is 0 Å². The zero-order chi connectivity index (χ0) is 18.7. The molecule has 1 heterocycles. The number of carbonyl (C=O) groups is 6. The lowest BCUT2D eigenvalue weighted by molar-refractivity contribution is -0.196. The number of hydrogen-bond acceptors (Lipinski definition) is 10. The summed E-state index contributed by atoms with van der Waals surface area (Å²) in [5.74, 6) is -10.4. The fraction of sp³-hybridized carbons (Fsp3) is 0.500. The van der Waals surface area contributed by atoms with Gasteiger partial charge in [0.25, 0.3) is 0 Å². The summed E-state index contributed by atoms with van der Waals surface area (Å²) in [6.07, 6.45) is -5.37. The van der Waals surface area contributed by atoms with Crippen LogP contribution in [0.15, 0.2) is 0 Å². The lowest BCUT2D eigenvalue weighted by Gasteiger charge is -2.28. The topological polar surface area (TPSA) is 202 Å². The molecule has 0 aromatic carbocycles. The monoisotopic (exact) mass is 348 g/mol. The van der Waals surface area contributed by atoms with Gasteiger partial charge in [0.1, 0.15) is 0 Å². The van der Waals surface area contributed by atoms with Crippen molar-refractivity contribution in [2.24, 2.45) is 0 Å². The van der Waals surface area contributed by atoms with E-state index in [1.54, 1.807) is 0 Å². The van der Waals surface area contributed by atoms with Crippen molar-refractivity contribution in [3.05, 3.63) is 0 Å². The number of esters is 4. The molecule has 12 nitrogen and oxygen atoms in total. The van der Waals surface area contributed by atoms with Gasteiger partial charge < -0.3 is 29.9 Å². The van der Waals surface area contributed by atoms with Crippen LogP contribution in [0.25, 0.3) is 0 Å². The molecule has 1 aliphatic rings. The Hall–Kier alpha value is -2.86. The second-order valence-corrected chi connectivity index (χ2v) is 5.08. The van der Waals surface area contributed by atoms with E-state index >= 15 is 0 Å². The highest BCUT2D eigenvalue weighted by molar-refractivity contribution is 6.02. The maximum absolute atomic E-state index is 11.8. The fourth-order valence-electron chi connectivity index (χ4n) is 1.86. The van der Waals surface area contributed by atoms with Gasteiger partial charge in [-0.25, -0.2) is 9.59 Å². The summed E-state index contributed by atoms with van der Waals surface area (Å²) in [7, 11) is 0. The number of carboxylic acids is 2. The van der Waals surface area contributed by atoms with Crippen LogP contribution in [0, 0.1) is 0 Å². The van der Waals surface area contributed by atoms with Crippen molar-refractivity contribution >= 4 is 35.8 Å². The number of aliphatic hydroxyl groups is 2. The molecule has 1 aliphatic heterocycles. The summed E-state index contributed by atoms with van der Waals surface area (Å²) >= 11 is 0. The third-order valence-electron chi connectivity index (χ3n) is 2.93. The van der Waals surface area contributed by atoms with Gasteiger partial charge in [0.2, 0.25) is 0 Å². The Morgan fingerprint density at radius 1 is 0.792 bits per heavy atom. The average molecular weight is 348 g/mol. The van der Waals surface area contributed by atoms with E-state index in [4.69, 9.17) is 10.2 Å². The van der Waals surface area contributed by atoms with Gasteiger partial charge in [0.05, 0.1) is 25.7 Å². The Balaban J connectivity index is 3.26. The molecule has 0 spiro atoms. The zero-order valence-corrected chi connectivity index (χ0v) is 11.9. The third-order valence-corrected chi connectivity index (χ3v) is 2.93. The second-order valence-electron chi connectivity index (χ2n) is 5.08. The highest BCUT2D eigenvalue weighted by Gasteiger charge is 2.50. The van der Waals surface area contributed by atoms with E-state index in [2.05, 4.69) is 9.47 Å². The van der Waals surface area contributed by atoms with E-state index in [-0.39, 0.29) is 0 Å². The third kappa shape index (κ3) is 4.57. The highest BCUT2D eigenvalue weighted by Crippen LogP contribution is 2.25. The first-order chi connectivity index (χ1) is 10.9. The van der Waals surface area contributed by atoms with Crippen molar-refractivity contribution < 1.29 is 58.7 Å². The van der Waals surface area contributed by atoms with E-state index in [1.165, 1.54) is 0 Å². The first-order valence-electron chi connectivity index (χ1n) is 6.26. The normalized spacial score (nSPS) is 28.8. The Kier molecular flexibility index (Phi) is 5.37. The predicted octanol–water partition coefficient (Wildman–Crippen LogP) is -2.67. The molecular formula is C12H12O12. The summed E-state index contributed by atoms with van der Waals surface area (Å²) < 4.78 is 8.23. The molecule has 2 unspecified atom stereocenters. The number of ether oxygens (including phenoxy) is 2. The van der Waals surface area contributed by atoms with Crippen molar-refractivity contribution in [1.82, 2.24) is 0 Å². The van der Waals surface area contributed by atoms with Crippen LogP contribution >= 0.6 is 0 Å². The van der Waals surface area contributed by atoms with Gasteiger partial charge in [-0.1, -0.05) is 0 Å². The smallest absolute Gasteiger partial charge is 0.347 e. The molecule has 0 bridgehead atoms. The maximum Gasteiger partial charge on any atom is 0.347 e. The van der Waals surface area contributed by atoms with E-state index in [1.807, 2.05) is 0 Å². The Morgan fingerprint density at radius 2 is 1.12 bits per heavy atom. The molecule has 1 rings (SSSR count). The summed E-state index contributed by atoms with van der Waals surface area (Å²) in [5.41, 5.74) is -6.11. The van der Waals surface area contributed by atoms with Gasteiger partial charge in [0.15, 0.2) is 11.2 Å². The average Bonchev–Trinajstić information content (AvgIpc) is 2.34. The van der Waals surface area contributed by atoms with E-state index in [9.17, 15) is 39.0 Å². The number of rotatable bonds is 4. The number of aliphatic carboxylic acids is 2. The van der Waals surface area contributed by atoms with Crippen molar-refractivity contribution in [2.45, 2.75) is 36.9 Å². The van der Waals surface area contributed by atoms with Crippen LogP contribution < -0.4 is 0 Å². The molecule has 0 aliphatic carbocycles. The van der Waals surface area contributed by atoms with Crippen molar-refractivity contribution in [3.8, 4) is 0 Å². The van der Waals surface area contributed by atoms with Crippen molar-refractivity contribution in [2.75, 3.05) is 0 Å². The Bertz CT molecular complexity index is 570. The lowest BCUT2D eigenvalue weighted by atomic mass is 9.93. The number of cyclic esters (lactones) is 4. The minimum atomic E-state index is -3.06. The van der Waals surface area contributed by atoms with Gasteiger partial charge >= 0.3 is 35.8 Å². The molecule has 0 saturated carbocycles. The molecule has 0 aromatic rings. The Morgan fingerprint density at radius 3 is 1.42 bits per heavy atom. The summed E-state index contributed by atoms with van der Waals surface area (Å²) in [6, 6.07) is 0. The number of carboxylic acid groups (broad SMARTS) is 2. The van der Waals surface area contributed by atoms with Crippen LogP contribution in [0.3, 0.4) is 0 Å². The molecule has 1 fully saturated rings. The summed E-state index contributed by atoms with van der Waals surface area (Å²) in [6.45, 7) is 0. The summed E-state index contributed by atoms with van der Waals surface area (Å²) in [4.78, 5) is 67.9. The molecule has 4 N–H and O–H groups in total. The molecule has 0 aromatic heterocycles. The second kappa shape index (κ2) is 6.72. The predicted molar refractivity (Wildman–Crippen MR) is 65.8 cm³/mol. The summed E-state index contributed by atoms with van der Waals surface area (Å²) in [5, 5.41) is 37.2. The van der Waals surface area contributed by atoms with Crippen LogP contribution in [0.1, 0.15) is 25.7 Å². The first kappa shape index (κ1) is 19.2. The number of hydrogen-bond donors (Lipinski definition) is 4. The number of carbonyl (C=O) groups excluding carboxylic acids is 4. The molecule has 1 saturated heterocycles. The zero-order valence-electron chi connectivity index (χ0n) is 11.9. The van der Waals surface area contributed by atoms with Gasteiger partial charge in [0, 0.05) is 0 Å². The van der Waals surface area contributed by atoms with Crippen LogP contribution in [-0.4, -0.2) is 67.4 Å². The minimum absolute atomic E-state index is 1.31. The molecule has 132 valence electrons. The first-order valence-corrected chi connectivity index (χ1v) is 6.26. The van der Waals surface area contributed by atoms with Gasteiger partial charge in [-0.2, -0.15) is 0 Å². The SMILES string of the molecule is O=C(O)CC1(O)CC(=O)OC(=O)CC(O)(CC(=O)O)C(=O)OC1=O. The molecule has 2 atom stereocenters. The standard InChI is InChI=1S/C12H12O12/c13-5(14)1-11(21)3-7(17)23-8(18)4-12(22,2-6(15)16)10(20)24-9(11)19/h21-22H,1-4H2,(H,13,14)(H,15,16).